The summed E-state index contributed by atoms with van der Waals surface area (Å²) in [5.41, 5.74) is -0.118. The summed E-state index contributed by atoms with van der Waals surface area (Å²) >= 11 is 0. The summed E-state index contributed by atoms with van der Waals surface area (Å²) in [4.78, 5) is 23.4. The molecule has 1 aliphatic carbocycles. The Kier molecular flexibility index (Phi) is 5.83. The van der Waals surface area contributed by atoms with Gasteiger partial charge in [-0.2, -0.15) is 0 Å². The maximum absolute atomic E-state index is 12.4. The van der Waals surface area contributed by atoms with Crippen molar-refractivity contribution in [2.45, 2.75) is 71.3 Å². The van der Waals surface area contributed by atoms with Gasteiger partial charge in [-0.05, 0) is 38.5 Å². The fourth-order valence-electron chi connectivity index (χ4n) is 3.03. The molecule has 0 heterocycles. The number of amides is 1. The summed E-state index contributed by atoms with van der Waals surface area (Å²) in [6, 6.07) is 0. The molecule has 0 aromatic rings. The summed E-state index contributed by atoms with van der Waals surface area (Å²) in [6.07, 6.45) is 5.62. The SMILES string of the molecule is CCC(CC)(CC)NC(=O)C1CCCC(C(=O)O)C1. The maximum Gasteiger partial charge on any atom is 0.306 e. The van der Waals surface area contributed by atoms with Crippen LogP contribution in [0.4, 0.5) is 0 Å². The van der Waals surface area contributed by atoms with Gasteiger partial charge >= 0.3 is 5.97 Å². The molecule has 19 heavy (non-hydrogen) atoms. The number of hydrogen-bond donors (Lipinski definition) is 2. The van der Waals surface area contributed by atoms with Crippen molar-refractivity contribution in [3.63, 3.8) is 0 Å². The predicted octanol–water partition coefficient (Wildman–Crippen LogP) is 2.96. The van der Waals surface area contributed by atoms with E-state index in [1.165, 1.54) is 0 Å². The molecule has 1 aliphatic rings. The van der Waals surface area contributed by atoms with Crippen LogP contribution in [0.15, 0.2) is 0 Å². The lowest BCUT2D eigenvalue weighted by Gasteiger charge is -2.35. The molecular formula is C15H27NO3. The molecule has 4 heteroatoms. The first-order valence-corrected chi connectivity index (χ1v) is 7.52. The van der Waals surface area contributed by atoms with Crippen molar-refractivity contribution in [3.05, 3.63) is 0 Å². The molecule has 0 aliphatic heterocycles. The zero-order valence-corrected chi connectivity index (χ0v) is 12.4. The molecule has 2 atom stereocenters. The number of carboxylic acids is 1. The van der Waals surface area contributed by atoms with Crippen molar-refractivity contribution in [2.75, 3.05) is 0 Å². The number of carbonyl (C=O) groups is 2. The van der Waals surface area contributed by atoms with Gasteiger partial charge in [0.25, 0.3) is 0 Å². The third kappa shape index (κ3) is 3.95. The molecular weight excluding hydrogens is 242 g/mol. The van der Waals surface area contributed by atoms with Crippen molar-refractivity contribution >= 4 is 11.9 Å². The average Bonchev–Trinajstić information content (AvgIpc) is 2.45. The Morgan fingerprint density at radius 3 is 2.11 bits per heavy atom. The Bertz CT molecular complexity index is 315. The normalized spacial score (nSPS) is 23.9. The second-order valence-corrected chi connectivity index (χ2v) is 5.73. The molecule has 0 aromatic heterocycles. The van der Waals surface area contributed by atoms with Crippen LogP contribution in [0.25, 0.3) is 0 Å². The van der Waals surface area contributed by atoms with Crippen molar-refractivity contribution in [1.29, 1.82) is 0 Å². The van der Waals surface area contributed by atoms with Gasteiger partial charge in [-0.15, -0.1) is 0 Å². The molecule has 2 N–H and O–H groups in total. The first-order chi connectivity index (χ1) is 8.98. The fourth-order valence-corrected chi connectivity index (χ4v) is 3.03. The number of rotatable bonds is 6. The number of nitrogens with one attached hydrogen (secondary N) is 1. The van der Waals surface area contributed by atoms with E-state index in [-0.39, 0.29) is 23.3 Å². The van der Waals surface area contributed by atoms with E-state index in [2.05, 4.69) is 26.1 Å². The quantitative estimate of drug-likeness (QED) is 0.779. The lowest BCUT2D eigenvalue weighted by atomic mass is 9.80. The highest BCUT2D eigenvalue weighted by Gasteiger charge is 2.34. The van der Waals surface area contributed by atoms with E-state index in [1.54, 1.807) is 0 Å². The van der Waals surface area contributed by atoms with Gasteiger partial charge in [-0.3, -0.25) is 9.59 Å². The van der Waals surface area contributed by atoms with Gasteiger partial charge in [0.15, 0.2) is 0 Å². The topological polar surface area (TPSA) is 66.4 Å². The molecule has 0 saturated heterocycles. The Morgan fingerprint density at radius 1 is 1.11 bits per heavy atom. The van der Waals surface area contributed by atoms with Gasteiger partial charge in [0.2, 0.25) is 5.91 Å². The largest absolute Gasteiger partial charge is 0.481 e. The molecule has 4 nitrogen and oxygen atoms in total. The van der Waals surface area contributed by atoms with Crippen LogP contribution in [0.2, 0.25) is 0 Å². The molecule has 1 rings (SSSR count). The summed E-state index contributed by atoms with van der Waals surface area (Å²) < 4.78 is 0. The van der Waals surface area contributed by atoms with Crippen molar-refractivity contribution in [2.24, 2.45) is 11.8 Å². The van der Waals surface area contributed by atoms with Crippen LogP contribution in [0.3, 0.4) is 0 Å². The molecule has 0 bridgehead atoms. The minimum atomic E-state index is -0.759. The van der Waals surface area contributed by atoms with E-state index in [1.807, 2.05) is 0 Å². The Labute approximate surface area is 116 Å². The maximum atomic E-state index is 12.4. The molecule has 0 radical (unpaired) electrons. The summed E-state index contributed by atoms with van der Waals surface area (Å²) in [7, 11) is 0. The molecule has 110 valence electrons. The smallest absolute Gasteiger partial charge is 0.306 e. The van der Waals surface area contributed by atoms with Crippen LogP contribution in [-0.2, 0) is 9.59 Å². The van der Waals surface area contributed by atoms with Crippen molar-refractivity contribution in [3.8, 4) is 0 Å². The van der Waals surface area contributed by atoms with Crippen molar-refractivity contribution < 1.29 is 14.7 Å². The number of aliphatic carboxylic acids is 1. The van der Waals surface area contributed by atoms with Gasteiger partial charge < -0.3 is 10.4 Å². The third-order valence-corrected chi connectivity index (χ3v) is 4.81. The van der Waals surface area contributed by atoms with Crippen LogP contribution in [0.5, 0.6) is 0 Å². The predicted molar refractivity (Wildman–Crippen MR) is 74.8 cm³/mol. The van der Waals surface area contributed by atoms with Crippen molar-refractivity contribution in [1.82, 2.24) is 5.32 Å². The van der Waals surface area contributed by atoms with E-state index in [4.69, 9.17) is 5.11 Å². The number of carbonyl (C=O) groups excluding carboxylic acids is 1. The highest BCUT2D eigenvalue weighted by molar-refractivity contribution is 5.80. The van der Waals surface area contributed by atoms with Gasteiger partial charge in [0.05, 0.1) is 5.92 Å². The minimum Gasteiger partial charge on any atom is -0.481 e. The van der Waals surface area contributed by atoms with Crippen LogP contribution in [0, 0.1) is 11.8 Å². The standard InChI is InChI=1S/C15H27NO3/c1-4-15(5-2,6-3)16-13(17)11-8-7-9-12(10-11)14(18)19/h11-12H,4-10H2,1-3H3,(H,16,17)(H,18,19). The first kappa shape index (κ1) is 16.0. The van der Waals surface area contributed by atoms with Crippen LogP contribution >= 0.6 is 0 Å². The second kappa shape index (κ2) is 6.92. The number of carboxylic acid groups (broad SMARTS) is 1. The van der Waals surface area contributed by atoms with E-state index in [0.717, 1.165) is 32.1 Å². The van der Waals surface area contributed by atoms with E-state index in [9.17, 15) is 9.59 Å². The number of hydrogen-bond acceptors (Lipinski definition) is 2. The zero-order chi connectivity index (χ0) is 14.5. The van der Waals surface area contributed by atoms with E-state index in [0.29, 0.717) is 12.8 Å². The minimum absolute atomic E-state index is 0.0523. The third-order valence-electron chi connectivity index (χ3n) is 4.81. The van der Waals surface area contributed by atoms with Gasteiger partial charge in [-0.1, -0.05) is 27.2 Å². The van der Waals surface area contributed by atoms with Crippen LogP contribution in [-0.4, -0.2) is 22.5 Å². The lowest BCUT2D eigenvalue weighted by molar-refractivity contribution is -0.144. The van der Waals surface area contributed by atoms with E-state index >= 15 is 0 Å². The summed E-state index contributed by atoms with van der Waals surface area (Å²) in [5, 5.41) is 12.3. The monoisotopic (exact) mass is 269 g/mol. The molecule has 1 saturated carbocycles. The molecule has 2 unspecified atom stereocenters. The summed E-state index contributed by atoms with van der Waals surface area (Å²) in [6.45, 7) is 6.27. The molecule has 0 spiro atoms. The van der Waals surface area contributed by atoms with Crippen LogP contribution in [0.1, 0.15) is 65.7 Å². The lowest BCUT2D eigenvalue weighted by Crippen LogP contribution is -2.50. The Hall–Kier alpha value is -1.06. The average molecular weight is 269 g/mol. The van der Waals surface area contributed by atoms with Gasteiger partial charge in [-0.25, -0.2) is 0 Å². The molecule has 1 fully saturated rings. The Morgan fingerprint density at radius 2 is 1.63 bits per heavy atom. The second-order valence-electron chi connectivity index (χ2n) is 5.73. The Balaban J connectivity index is 2.64. The molecule has 0 aromatic carbocycles. The highest BCUT2D eigenvalue weighted by Crippen LogP contribution is 2.30. The van der Waals surface area contributed by atoms with Gasteiger partial charge in [0, 0.05) is 11.5 Å². The van der Waals surface area contributed by atoms with Gasteiger partial charge in [0.1, 0.15) is 0 Å². The molecule has 1 amide bonds. The first-order valence-electron chi connectivity index (χ1n) is 7.52. The van der Waals surface area contributed by atoms with E-state index < -0.39 is 5.97 Å². The highest BCUT2D eigenvalue weighted by atomic mass is 16.4. The summed E-state index contributed by atoms with van der Waals surface area (Å²) in [5.74, 6) is -1.18. The van der Waals surface area contributed by atoms with Crippen LogP contribution < -0.4 is 5.32 Å². The fraction of sp³-hybridized carbons (Fsp3) is 0.867. The zero-order valence-electron chi connectivity index (χ0n) is 12.4.